The quantitative estimate of drug-likeness (QED) is 0.267. The van der Waals surface area contributed by atoms with Gasteiger partial charge in [-0.25, -0.2) is 0 Å². The van der Waals surface area contributed by atoms with Crippen LogP contribution >= 0.6 is 0 Å². The SMILES string of the molecule is CC.CC.CCCCCCCC.CCCCN(CCC)CCCCOC. The van der Waals surface area contributed by atoms with E-state index < -0.39 is 0 Å². The van der Waals surface area contributed by atoms with Crippen LogP contribution in [-0.4, -0.2) is 38.3 Å². The third-order valence-electron chi connectivity index (χ3n) is 3.90. The maximum atomic E-state index is 5.05. The van der Waals surface area contributed by atoms with Gasteiger partial charge >= 0.3 is 0 Å². The van der Waals surface area contributed by atoms with Crippen LogP contribution in [0.15, 0.2) is 0 Å². The first kappa shape index (κ1) is 33.5. The van der Waals surface area contributed by atoms with Crippen LogP contribution in [0.25, 0.3) is 0 Å². The molecule has 0 radical (unpaired) electrons. The fourth-order valence-corrected chi connectivity index (χ4v) is 2.47. The van der Waals surface area contributed by atoms with Crippen molar-refractivity contribution in [2.24, 2.45) is 0 Å². The summed E-state index contributed by atoms with van der Waals surface area (Å²) in [5.41, 5.74) is 0. The van der Waals surface area contributed by atoms with E-state index in [1.165, 1.54) is 90.3 Å². The summed E-state index contributed by atoms with van der Waals surface area (Å²) in [6.45, 7) is 21.7. The molecule has 0 aromatic carbocycles. The molecule has 0 aliphatic heterocycles. The van der Waals surface area contributed by atoms with E-state index in [0.29, 0.717) is 0 Å². The lowest BCUT2D eigenvalue weighted by atomic mass is 10.1. The highest BCUT2D eigenvalue weighted by Crippen LogP contribution is 2.03. The van der Waals surface area contributed by atoms with E-state index in [0.717, 1.165) is 6.61 Å². The van der Waals surface area contributed by atoms with E-state index >= 15 is 0 Å². The highest BCUT2D eigenvalue weighted by atomic mass is 16.5. The summed E-state index contributed by atoms with van der Waals surface area (Å²) >= 11 is 0. The number of hydrogen-bond donors (Lipinski definition) is 0. The summed E-state index contributed by atoms with van der Waals surface area (Å²) in [6, 6.07) is 0. The molecule has 0 aliphatic carbocycles. The number of ether oxygens (including phenoxy) is 1. The molecule has 0 amide bonds. The standard InChI is InChI=1S/C12H27NO.C8H18.2C2H6/c1-4-6-10-13(9-5-2)11-7-8-12-14-3;1-3-5-7-8-6-4-2;2*1-2/h4-12H2,1-3H3;3-8H2,1-2H3;2*1-2H3. The van der Waals surface area contributed by atoms with Gasteiger partial charge in [0.2, 0.25) is 0 Å². The van der Waals surface area contributed by atoms with Gasteiger partial charge in [0.25, 0.3) is 0 Å². The highest BCUT2D eigenvalue weighted by molar-refractivity contribution is 4.57. The Kier molecular flexibility index (Phi) is 51.3. The zero-order valence-electron chi connectivity index (χ0n) is 20.5. The minimum absolute atomic E-state index is 0.910. The summed E-state index contributed by atoms with van der Waals surface area (Å²) in [4.78, 5) is 2.58. The van der Waals surface area contributed by atoms with Crippen molar-refractivity contribution in [1.29, 1.82) is 0 Å². The first-order valence-electron chi connectivity index (χ1n) is 12.0. The topological polar surface area (TPSA) is 12.5 Å². The van der Waals surface area contributed by atoms with Gasteiger partial charge in [-0.2, -0.15) is 0 Å². The summed E-state index contributed by atoms with van der Waals surface area (Å²) in [5, 5.41) is 0. The van der Waals surface area contributed by atoms with Gasteiger partial charge < -0.3 is 9.64 Å². The number of nitrogens with zero attached hydrogens (tertiary/aromatic N) is 1. The number of methoxy groups -OCH3 is 1. The molecule has 164 valence electrons. The second kappa shape index (κ2) is 39.8. The van der Waals surface area contributed by atoms with Crippen molar-refractivity contribution in [1.82, 2.24) is 4.90 Å². The molecular formula is C24H57NO. The largest absolute Gasteiger partial charge is 0.385 e. The molecule has 0 fully saturated rings. The smallest absolute Gasteiger partial charge is 0.0462 e. The fourth-order valence-electron chi connectivity index (χ4n) is 2.47. The Morgan fingerprint density at radius 2 is 0.962 bits per heavy atom. The zero-order valence-corrected chi connectivity index (χ0v) is 20.5. The van der Waals surface area contributed by atoms with Crippen LogP contribution in [0, 0.1) is 0 Å². The van der Waals surface area contributed by atoms with Crippen molar-refractivity contribution in [3.8, 4) is 0 Å². The molecule has 0 aliphatic rings. The van der Waals surface area contributed by atoms with Crippen LogP contribution in [0.3, 0.4) is 0 Å². The maximum Gasteiger partial charge on any atom is 0.0462 e. The van der Waals surface area contributed by atoms with Crippen molar-refractivity contribution < 1.29 is 4.74 Å². The molecule has 0 aromatic heterocycles. The molecule has 0 rings (SSSR count). The molecule has 0 saturated carbocycles. The summed E-state index contributed by atoms with van der Waals surface area (Å²) < 4.78 is 5.05. The van der Waals surface area contributed by atoms with Crippen molar-refractivity contribution in [3.05, 3.63) is 0 Å². The number of unbranched alkanes of at least 4 members (excludes halogenated alkanes) is 7. The number of rotatable bonds is 15. The van der Waals surface area contributed by atoms with Crippen molar-refractivity contribution in [2.75, 3.05) is 33.4 Å². The van der Waals surface area contributed by atoms with Crippen molar-refractivity contribution in [2.45, 2.75) is 126 Å². The molecule has 0 atom stereocenters. The van der Waals surface area contributed by atoms with E-state index in [2.05, 4.69) is 32.6 Å². The predicted molar refractivity (Wildman–Crippen MR) is 124 cm³/mol. The van der Waals surface area contributed by atoms with Gasteiger partial charge in [-0.05, 0) is 45.3 Å². The first-order valence-corrected chi connectivity index (χ1v) is 12.0. The molecule has 0 heterocycles. The van der Waals surface area contributed by atoms with E-state index in [9.17, 15) is 0 Å². The van der Waals surface area contributed by atoms with Gasteiger partial charge in [0.1, 0.15) is 0 Å². The number of hydrogen-bond acceptors (Lipinski definition) is 2. The Labute approximate surface area is 169 Å². The molecule has 0 saturated heterocycles. The summed E-state index contributed by atoms with van der Waals surface area (Å²) in [6.07, 6.45) is 14.9. The van der Waals surface area contributed by atoms with Crippen LogP contribution in [0.1, 0.15) is 126 Å². The van der Waals surface area contributed by atoms with Gasteiger partial charge in [-0.15, -0.1) is 0 Å². The van der Waals surface area contributed by atoms with Crippen LogP contribution in [0.4, 0.5) is 0 Å². The lowest BCUT2D eigenvalue weighted by Gasteiger charge is -2.21. The Morgan fingerprint density at radius 1 is 0.500 bits per heavy atom. The molecule has 0 bridgehead atoms. The van der Waals surface area contributed by atoms with Crippen molar-refractivity contribution in [3.63, 3.8) is 0 Å². The molecule has 0 unspecified atom stereocenters. The minimum atomic E-state index is 0.910. The molecule has 2 nitrogen and oxygen atoms in total. The van der Waals surface area contributed by atoms with Crippen LogP contribution in [-0.2, 0) is 4.74 Å². The Balaban J connectivity index is -0.000000171. The molecule has 0 N–H and O–H groups in total. The highest BCUT2D eigenvalue weighted by Gasteiger charge is 2.01. The van der Waals surface area contributed by atoms with E-state index in [-0.39, 0.29) is 0 Å². The van der Waals surface area contributed by atoms with Gasteiger partial charge in [0.05, 0.1) is 0 Å². The van der Waals surface area contributed by atoms with Crippen LogP contribution < -0.4 is 0 Å². The van der Waals surface area contributed by atoms with Gasteiger partial charge in [0, 0.05) is 13.7 Å². The molecule has 0 spiro atoms. The molecule has 0 aromatic rings. The van der Waals surface area contributed by atoms with E-state index in [4.69, 9.17) is 4.74 Å². The van der Waals surface area contributed by atoms with Gasteiger partial charge in [0.15, 0.2) is 0 Å². The summed E-state index contributed by atoms with van der Waals surface area (Å²) in [5.74, 6) is 0. The van der Waals surface area contributed by atoms with Crippen LogP contribution in [0.5, 0.6) is 0 Å². The second-order valence-electron chi connectivity index (χ2n) is 6.31. The zero-order chi connectivity index (χ0) is 20.9. The maximum absolute atomic E-state index is 5.05. The predicted octanol–water partition coefficient (Wildman–Crippen LogP) is 8.34. The summed E-state index contributed by atoms with van der Waals surface area (Å²) in [7, 11) is 1.78. The third kappa shape index (κ3) is 39.1. The Bertz CT molecular complexity index is 168. The van der Waals surface area contributed by atoms with Gasteiger partial charge in [-0.1, -0.05) is 100 Å². The van der Waals surface area contributed by atoms with E-state index in [1.807, 2.05) is 27.7 Å². The lowest BCUT2D eigenvalue weighted by Crippen LogP contribution is -2.27. The normalized spacial score (nSPS) is 9.46. The Morgan fingerprint density at radius 3 is 1.35 bits per heavy atom. The lowest BCUT2D eigenvalue weighted by molar-refractivity contribution is 0.183. The molecular weight excluding hydrogens is 318 g/mol. The van der Waals surface area contributed by atoms with Gasteiger partial charge in [-0.3, -0.25) is 0 Å². The van der Waals surface area contributed by atoms with E-state index in [1.54, 1.807) is 7.11 Å². The average molecular weight is 376 g/mol. The third-order valence-corrected chi connectivity index (χ3v) is 3.90. The first-order chi connectivity index (χ1) is 12.8. The Hall–Kier alpha value is -0.0800. The van der Waals surface area contributed by atoms with Crippen molar-refractivity contribution >= 4 is 0 Å². The fraction of sp³-hybridized carbons (Fsp3) is 1.00. The molecule has 2 heteroatoms. The van der Waals surface area contributed by atoms with Crippen LogP contribution in [0.2, 0.25) is 0 Å². The average Bonchev–Trinajstić information content (AvgIpc) is 2.70. The second-order valence-corrected chi connectivity index (χ2v) is 6.31. The molecule has 26 heavy (non-hydrogen) atoms. The monoisotopic (exact) mass is 375 g/mol. The minimum Gasteiger partial charge on any atom is -0.385 e.